The topological polar surface area (TPSA) is 109 Å². The molecule has 172 valence electrons. The zero-order valence-corrected chi connectivity index (χ0v) is 18.2. The molecule has 1 amide bonds. The molecule has 0 spiro atoms. The Bertz CT molecular complexity index is 1110. The monoisotopic (exact) mass is 455 g/mol. The second kappa shape index (κ2) is 11.0. The number of benzene rings is 1. The number of carbonyl (C=O) groups excluding carboxylic acids is 2. The minimum Gasteiger partial charge on any atom is -0.472 e. The lowest BCUT2D eigenvalue weighted by Crippen LogP contribution is -2.19. The number of nitrogens with zero attached hydrogens (tertiary/aromatic N) is 2. The Morgan fingerprint density at radius 1 is 1.03 bits per heavy atom. The molecular formula is C23H22FN3O6. The van der Waals surface area contributed by atoms with E-state index in [2.05, 4.69) is 20.0 Å². The third-order valence-corrected chi connectivity index (χ3v) is 4.23. The molecule has 1 atom stereocenters. The van der Waals surface area contributed by atoms with E-state index in [1.807, 2.05) is 0 Å². The Labute approximate surface area is 189 Å². The molecule has 1 aromatic carbocycles. The van der Waals surface area contributed by atoms with E-state index in [1.54, 1.807) is 14.0 Å². The molecule has 0 aliphatic carbocycles. The molecule has 9 nitrogen and oxygen atoms in total. The van der Waals surface area contributed by atoms with Crippen molar-refractivity contribution in [2.45, 2.75) is 13.0 Å². The SMILES string of the molecule is COC[C@@H](C)Oc1cc(C(=O)Nc2ccc(C(=O)OC)cn2)cc(Oc2ccc(F)cc2)n1. The van der Waals surface area contributed by atoms with Crippen LogP contribution in [-0.4, -0.2) is 48.8 Å². The summed E-state index contributed by atoms with van der Waals surface area (Å²) in [5, 5.41) is 2.63. The first-order chi connectivity index (χ1) is 15.9. The highest BCUT2D eigenvalue weighted by molar-refractivity contribution is 6.04. The van der Waals surface area contributed by atoms with Crippen molar-refractivity contribution < 1.29 is 32.9 Å². The lowest BCUT2D eigenvalue weighted by molar-refractivity contribution is 0.0600. The molecule has 33 heavy (non-hydrogen) atoms. The molecule has 1 N–H and O–H groups in total. The van der Waals surface area contributed by atoms with Crippen molar-refractivity contribution in [2.75, 3.05) is 26.1 Å². The van der Waals surface area contributed by atoms with Crippen LogP contribution in [0, 0.1) is 5.82 Å². The summed E-state index contributed by atoms with van der Waals surface area (Å²) in [6, 6.07) is 11.2. The van der Waals surface area contributed by atoms with Crippen LogP contribution in [0.1, 0.15) is 27.6 Å². The second-order valence-corrected chi connectivity index (χ2v) is 6.85. The molecule has 3 rings (SSSR count). The summed E-state index contributed by atoms with van der Waals surface area (Å²) in [6.07, 6.45) is 0.949. The summed E-state index contributed by atoms with van der Waals surface area (Å²) >= 11 is 0. The quantitative estimate of drug-likeness (QED) is 0.485. The Morgan fingerprint density at radius 3 is 2.39 bits per heavy atom. The van der Waals surface area contributed by atoms with Crippen LogP contribution < -0.4 is 14.8 Å². The van der Waals surface area contributed by atoms with E-state index in [9.17, 15) is 14.0 Å². The number of pyridine rings is 2. The number of esters is 1. The summed E-state index contributed by atoms with van der Waals surface area (Å²) in [4.78, 5) is 32.7. The van der Waals surface area contributed by atoms with Gasteiger partial charge in [0.25, 0.3) is 5.91 Å². The molecule has 0 aliphatic rings. The van der Waals surface area contributed by atoms with Crippen LogP contribution in [0.25, 0.3) is 0 Å². The second-order valence-electron chi connectivity index (χ2n) is 6.85. The van der Waals surface area contributed by atoms with Crippen molar-refractivity contribution >= 4 is 17.7 Å². The number of hydrogen-bond acceptors (Lipinski definition) is 8. The van der Waals surface area contributed by atoms with Crippen molar-refractivity contribution in [3.63, 3.8) is 0 Å². The van der Waals surface area contributed by atoms with Gasteiger partial charge in [0.15, 0.2) is 0 Å². The van der Waals surface area contributed by atoms with E-state index >= 15 is 0 Å². The van der Waals surface area contributed by atoms with Gasteiger partial charge < -0.3 is 24.3 Å². The van der Waals surface area contributed by atoms with Crippen molar-refractivity contribution in [3.8, 4) is 17.5 Å². The highest BCUT2D eigenvalue weighted by Gasteiger charge is 2.15. The molecule has 0 saturated carbocycles. The minimum absolute atomic E-state index is 0.0721. The van der Waals surface area contributed by atoms with Gasteiger partial charge in [-0.15, -0.1) is 0 Å². The van der Waals surface area contributed by atoms with E-state index in [0.29, 0.717) is 12.4 Å². The van der Waals surface area contributed by atoms with Gasteiger partial charge in [-0.2, -0.15) is 4.98 Å². The van der Waals surface area contributed by atoms with Gasteiger partial charge in [-0.1, -0.05) is 0 Å². The summed E-state index contributed by atoms with van der Waals surface area (Å²) in [5.41, 5.74) is 0.429. The Balaban J connectivity index is 1.84. The lowest BCUT2D eigenvalue weighted by atomic mass is 10.2. The fourth-order valence-corrected chi connectivity index (χ4v) is 2.72. The zero-order chi connectivity index (χ0) is 23.8. The Morgan fingerprint density at radius 2 is 1.76 bits per heavy atom. The number of anilines is 1. The maximum atomic E-state index is 13.2. The third-order valence-electron chi connectivity index (χ3n) is 4.23. The van der Waals surface area contributed by atoms with Gasteiger partial charge in [0, 0.05) is 25.4 Å². The number of hydrogen-bond donors (Lipinski definition) is 1. The molecule has 0 unspecified atom stereocenters. The summed E-state index contributed by atoms with van der Waals surface area (Å²) in [6.45, 7) is 2.09. The van der Waals surface area contributed by atoms with Gasteiger partial charge in [0.2, 0.25) is 11.8 Å². The predicted octanol–water partition coefficient (Wildman–Crippen LogP) is 3.86. The third kappa shape index (κ3) is 6.71. The van der Waals surface area contributed by atoms with Crippen LogP contribution in [0.4, 0.5) is 10.2 Å². The van der Waals surface area contributed by atoms with E-state index in [0.717, 1.165) is 0 Å². The average molecular weight is 455 g/mol. The van der Waals surface area contributed by atoms with Crippen LogP contribution in [0.15, 0.2) is 54.7 Å². The number of methoxy groups -OCH3 is 2. The molecule has 0 bridgehead atoms. The molecule has 0 aliphatic heterocycles. The van der Waals surface area contributed by atoms with Crippen LogP contribution in [0.2, 0.25) is 0 Å². The van der Waals surface area contributed by atoms with Crippen molar-refractivity contribution in [1.29, 1.82) is 0 Å². The highest BCUT2D eigenvalue weighted by Crippen LogP contribution is 2.25. The minimum atomic E-state index is -0.538. The molecule has 0 radical (unpaired) electrons. The smallest absolute Gasteiger partial charge is 0.339 e. The first-order valence-corrected chi connectivity index (χ1v) is 9.84. The van der Waals surface area contributed by atoms with Gasteiger partial charge in [0.05, 0.1) is 24.8 Å². The number of nitrogens with one attached hydrogen (secondary N) is 1. The van der Waals surface area contributed by atoms with Crippen molar-refractivity contribution in [1.82, 2.24) is 9.97 Å². The first-order valence-electron chi connectivity index (χ1n) is 9.84. The Kier molecular flexibility index (Phi) is 7.87. The molecular weight excluding hydrogens is 433 g/mol. The van der Waals surface area contributed by atoms with E-state index in [1.165, 1.54) is 61.8 Å². The standard InChI is InChI=1S/C23H22FN3O6/c1-14(13-30-2)32-20-10-16(11-21(27-20)33-18-7-5-17(24)6-8-18)22(28)26-19-9-4-15(12-25-19)23(29)31-3/h4-12,14H,13H2,1-3H3,(H,25,26,28)/t14-/m1/s1. The predicted molar refractivity (Wildman–Crippen MR) is 116 cm³/mol. The molecule has 10 heteroatoms. The largest absolute Gasteiger partial charge is 0.472 e. The number of rotatable bonds is 9. The van der Waals surface area contributed by atoms with E-state index < -0.39 is 17.7 Å². The first kappa shape index (κ1) is 23.6. The lowest BCUT2D eigenvalue weighted by Gasteiger charge is -2.15. The number of ether oxygens (including phenoxy) is 4. The molecule has 0 saturated heterocycles. The number of halogens is 1. The molecule has 2 aromatic heterocycles. The van der Waals surface area contributed by atoms with Crippen LogP contribution in [0.3, 0.4) is 0 Å². The average Bonchev–Trinajstić information content (AvgIpc) is 2.80. The zero-order valence-electron chi connectivity index (χ0n) is 18.2. The fourth-order valence-electron chi connectivity index (χ4n) is 2.72. The van der Waals surface area contributed by atoms with Gasteiger partial charge in [0.1, 0.15) is 23.5 Å². The maximum absolute atomic E-state index is 13.2. The summed E-state index contributed by atoms with van der Waals surface area (Å²) in [7, 11) is 2.80. The fraction of sp³-hybridized carbons (Fsp3) is 0.217. The van der Waals surface area contributed by atoms with Crippen LogP contribution >= 0.6 is 0 Å². The number of aromatic nitrogens is 2. The number of carbonyl (C=O) groups is 2. The summed E-state index contributed by atoms with van der Waals surface area (Å²) < 4.78 is 34.3. The van der Waals surface area contributed by atoms with Crippen LogP contribution in [0.5, 0.6) is 17.5 Å². The van der Waals surface area contributed by atoms with Gasteiger partial charge in [-0.25, -0.2) is 14.2 Å². The molecule has 2 heterocycles. The van der Waals surface area contributed by atoms with Gasteiger partial charge in [-0.05, 0) is 43.3 Å². The highest BCUT2D eigenvalue weighted by atomic mass is 19.1. The summed E-state index contributed by atoms with van der Waals surface area (Å²) in [5.74, 6) is -0.696. The van der Waals surface area contributed by atoms with Crippen molar-refractivity contribution in [2.24, 2.45) is 0 Å². The Hall–Kier alpha value is -4.05. The van der Waals surface area contributed by atoms with Gasteiger partial charge in [-0.3, -0.25) is 4.79 Å². The molecule has 3 aromatic rings. The molecule has 0 fully saturated rings. The normalized spacial score (nSPS) is 11.4. The maximum Gasteiger partial charge on any atom is 0.339 e. The van der Waals surface area contributed by atoms with Gasteiger partial charge >= 0.3 is 5.97 Å². The van der Waals surface area contributed by atoms with E-state index in [-0.39, 0.29) is 34.8 Å². The van der Waals surface area contributed by atoms with E-state index in [4.69, 9.17) is 14.2 Å². The number of amides is 1. The van der Waals surface area contributed by atoms with Crippen LogP contribution in [-0.2, 0) is 9.47 Å². The van der Waals surface area contributed by atoms with Crippen molar-refractivity contribution in [3.05, 3.63) is 71.7 Å².